The number of aromatic nitrogens is 5. The summed E-state index contributed by atoms with van der Waals surface area (Å²) in [7, 11) is 0. The van der Waals surface area contributed by atoms with Crippen molar-refractivity contribution in [2.24, 2.45) is 11.8 Å². The number of imidazole rings is 2. The van der Waals surface area contributed by atoms with Crippen LogP contribution in [0.2, 0.25) is 0 Å². The van der Waals surface area contributed by atoms with E-state index in [0.717, 1.165) is 39.9 Å². The number of hydrogen-bond donors (Lipinski definition) is 1. The number of rotatable bonds is 8. The first kappa shape index (κ1) is 23.8. The van der Waals surface area contributed by atoms with E-state index in [2.05, 4.69) is 87.3 Å². The first-order valence-electron chi connectivity index (χ1n) is 13.3. The maximum atomic E-state index is 10.3. The molecule has 7 heteroatoms. The quantitative estimate of drug-likeness (QED) is 0.280. The molecule has 194 valence electrons. The van der Waals surface area contributed by atoms with Gasteiger partial charge in [0.15, 0.2) is 16.8 Å². The Morgan fingerprint density at radius 2 is 1.38 bits per heavy atom. The minimum Gasteiger partial charge on any atom is -0.396 e. The standard InChI is InChI=1S/C32H29N5O2/c38-19-23-18-28(37-22-34-29-30-33-16-17-36(30)21-35-31(29)37)27(23)20-39-32(24-10-4-1-5-11-24,25-12-6-2-7-13-25)26-14-8-3-9-15-26/h1-17,21-23,27-28,38H,18-20H2/t23-,27-,28-/m1/s1. The zero-order valence-corrected chi connectivity index (χ0v) is 21.4. The summed E-state index contributed by atoms with van der Waals surface area (Å²) in [6.07, 6.45) is 8.11. The van der Waals surface area contributed by atoms with E-state index in [4.69, 9.17) is 9.72 Å². The van der Waals surface area contributed by atoms with Crippen molar-refractivity contribution in [3.05, 3.63) is 133 Å². The molecule has 0 spiro atoms. The molecule has 0 unspecified atom stereocenters. The summed E-state index contributed by atoms with van der Waals surface area (Å²) in [5, 5.41) is 10.3. The molecule has 0 aliphatic heterocycles. The highest BCUT2D eigenvalue weighted by molar-refractivity contribution is 5.85. The summed E-state index contributed by atoms with van der Waals surface area (Å²) in [5.74, 6) is 0.211. The van der Waals surface area contributed by atoms with E-state index in [-0.39, 0.29) is 24.5 Å². The van der Waals surface area contributed by atoms with Crippen LogP contribution >= 0.6 is 0 Å². The van der Waals surface area contributed by atoms with E-state index in [1.807, 2.05) is 35.1 Å². The third kappa shape index (κ3) is 3.85. The minimum atomic E-state index is -0.804. The van der Waals surface area contributed by atoms with E-state index in [0.29, 0.717) is 6.61 Å². The van der Waals surface area contributed by atoms with Crippen LogP contribution in [0.25, 0.3) is 16.8 Å². The molecule has 3 aromatic carbocycles. The predicted octanol–water partition coefficient (Wildman–Crippen LogP) is 5.26. The molecule has 3 aromatic heterocycles. The van der Waals surface area contributed by atoms with Crippen molar-refractivity contribution >= 4 is 16.8 Å². The van der Waals surface area contributed by atoms with Crippen molar-refractivity contribution in [2.45, 2.75) is 18.1 Å². The molecular weight excluding hydrogens is 486 g/mol. The molecule has 0 radical (unpaired) electrons. The Morgan fingerprint density at radius 1 is 0.769 bits per heavy atom. The highest BCUT2D eigenvalue weighted by atomic mass is 16.5. The zero-order valence-electron chi connectivity index (χ0n) is 21.4. The van der Waals surface area contributed by atoms with Gasteiger partial charge in [-0.15, -0.1) is 0 Å². The average Bonchev–Trinajstić information content (AvgIpc) is 3.64. The number of fused-ring (bicyclic) bond motifs is 3. The van der Waals surface area contributed by atoms with Crippen LogP contribution in [0.4, 0.5) is 0 Å². The third-order valence-corrected chi connectivity index (χ3v) is 8.22. The molecule has 6 aromatic rings. The summed E-state index contributed by atoms with van der Waals surface area (Å²) in [5.41, 5.74) is 4.77. The molecule has 7 nitrogen and oxygen atoms in total. The Bertz CT molecular complexity index is 1600. The van der Waals surface area contributed by atoms with Crippen LogP contribution < -0.4 is 0 Å². The van der Waals surface area contributed by atoms with Gasteiger partial charge in [-0.2, -0.15) is 0 Å². The average molecular weight is 516 g/mol. The van der Waals surface area contributed by atoms with Gasteiger partial charge in [-0.05, 0) is 29.0 Å². The van der Waals surface area contributed by atoms with Crippen LogP contribution in [-0.2, 0) is 10.3 Å². The van der Waals surface area contributed by atoms with Crippen LogP contribution in [0.15, 0.2) is 116 Å². The van der Waals surface area contributed by atoms with E-state index in [9.17, 15) is 5.11 Å². The summed E-state index contributed by atoms with van der Waals surface area (Å²) in [4.78, 5) is 13.8. The van der Waals surface area contributed by atoms with Gasteiger partial charge in [0.25, 0.3) is 0 Å². The maximum Gasteiger partial charge on any atom is 0.167 e. The second-order valence-corrected chi connectivity index (χ2v) is 10.2. The SMILES string of the molecule is OC[C@H]1C[C@@H](n2cnc3c2ncn2ccnc32)[C@@H]1COC(c1ccccc1)(c1ccccc1)c1ccccc1. The van der Waals surface area contributed by atoms with Gasteiger partial charge >= 0.3 is 0 Å². The minimum absolute atomic E-state index is 0.0840. The Morgan fingerprint density at radius 3 is 1.97 bits per heavy atom. The Kier molecular flexibility index (Phi) is 5.95. The number of nitrogens with zero attached hydrogens (tertiary/aromatic N) is 5. The lowest BCUT2D eigenvalue weighted by molar-refractivity contribution is -0.0762. The van der Waals surface area contributed by atoms with E-state index >= 15 is 0 Å². The fourth-order valence-electron chi connectivity index (χ4n) is 6.13. The molecular formula is C32H29N5O2. The number of hydrogen-bond acceptors (Lipinski definition) is 5. The molecule has 0 saturated heterocycles. The summed E-state index contributed by atoms with van der Waals surface area (Å²) in [6, 6.07) is 31.3. The number of ether oxygens (including phenoxy) is 1. The van der Waals surface area contributed by atoms with Crippen LogP contribution in [0.1, 0.15) is 29.2 Å². The van der Waals surface area contributed by atoms with Crippen molar-refractivity contribution in [3.8, 4) is 0 Å². The van der Waals surface area contributed by atoms with Crippen molar-refractivity contribution in [3.63, 3.8) is 0 Å². The second-order valence-electron chi connectivity index (χ2n) is 10.2. The largest absolute Gasteiger partial charge is 0.396 e. The molecule has 1 saturated carbocycles. The first-order valence-corrected chi connectivity index (χ1v) is 13.3. The molecule has 39 heavy (non-hydrogen) atoms. The Hall–Kier alpha value is -4.33. The van der Waals surface area contributed by atoms with Gasteiger partial charge in [-0.3, -0.25) is 4.40 Å². The Labute approximate surface area is 226 Å². The summed E-state index contributed by atoms with van der Waals surface area (Å²) < 4.78 is 11.2. The maximum absolute atomic E-state index is 10.3. The summed E-state index contributed by atoms with van der Waals surface area (Å²) >= 11 is 0. The molecule has 1 N–H and O–H groups in total. The molecule has 3 atom stereocenters. The number of aliphatic hydroxyl groups is 1. The summed E-state index contributed by atoms with van der Waals surface area (Å²) in [6.45, 7) is 0.573. The van der Waals surface area contributed by atoms with Gasteiger partial charge in [0.2, 0.25) is 0 Å². The fraction of sp³-hybridized carbons (Fsp3) is 0.219. The lowest BCUT2D eigenvalue weighted by Crippen LogP contribution is -2.45. The fourth-order valence-corrected chi connectivity index (χ4v) is 6.13. The molecule has 7 rings (SSSR count). The van der Waals surface area contributed by atoms with Crippen LogP contribution in [0.5, 0.6) is 0 Å². The van der Waals surface area contributed by atoms with Gasteiger partial charge in [0.05, 0.1) is 12.9 Å². The van der Waals surface area contributed by atoms with E-state index in [1.165, 1.54) is 0 Å². The molecule has 3 heterocycles. The van der Waals surface area contributed by atoms with Gasteiger partial charge < -0.3 is 14.4 Å². The molecule has 1 fully saturated rings. The monoisotopic (exact) mass is 515 g/mol. The highest BCUT2D eigenvalue weighted by Gasteiger charge is 2.45. The van der Waals surface area contributed by atoms with Crippen molar-refractivity contribution in [1.82, 2.24) is 23.9 Å². The van der Waals surface area contributed by atoms with Crippen LogP contribution in [0.3, 0.4) is 0 Å². The molecule has 1 aliphatic carbocycles. The lowest BCUT2D eigenvalue weighted by Gasteiger charge is -2.46. The van der Waals surface area contributed by atoms with Crippen molar-refractivity contribution < 1.29 is 9.84 Å². The molecule has 1 aliphatic rings. The zero-order chi connectivity index (χ0) is 26.2. The van der Waals surface area contributed by atoms with Gasteiger partial charge in [-0.1, -0.05) is 91.0 Å². The highest BCUT2D eigenvalue weighted by Crippen LogP contribution is 2.48. The smallest absolute Gasteiger partial charge is 0.167 e. The van der Waals surface area contributed by atoms with E-state index in [1.54, 1.807) is 12.5 Å². The third-order valence-electron chi connectivity index (χ3n) is 8.22. The van der Waals surface area contributed by atoms with Gasteiger partial charge in [0, 0.05) is 31.0 Å². The Balaban J connectivity index is 1.29. The normalized spacial score (nSPS) is 19.4. The molecule has 0 amide bonds. The van der Waals surface area contributed by atoms with E-state index < -0.39 is 5.60 Å². The van der Waals surface area contributed by atoms with Crippen molar-refractivity contribution in [2.75, 3.05) is 13.2 Å². The van der Waals surface area contributed by atoms with Crippen LogP contribution in [-0.4, -0.2) is 42.2 Å². The first-order chi connectivity index (χ1) is 19.3. The lowest BCUT2D eigenvalue weighted by atomic mass is 9.69. The number of aliphatic hydroxyl groups excluding tert-OH is 1. The number of benzene rings is 3. The van der Waals surface area contributed by atoms with Crippen molar-refractivity contribution in [1.29, 1.82) is 0 Å². The van der Waals surface area contributed by atoms with Gasteiger partial charge in [0.1, 0.15) is 11.9 Å². The predicted molar refractivity (Wildman–Crippen MR) is 149 cm³/mol. The topological polar surface area (TPSA) is 77.5 Å². The van der Waals surface area contributed by atoms with Crippen LogP contribution in [0, 0.1) is 11.8 Å². The van der Waals surface area contributed by atoms with Gasteiger partial charge in [-0.25, -0.2) is 15.0 Å². The second kappa shape index (κ2) is 9.76. The molecule has 0 bridgehead atoms.